The van der Waals surface area contributed by atoms with Crippen molar-refractivity contribution in [3.63, 3.8) is 0 Å². The first-order chi connectivity index (χ1) is 8.25. The molecule has 0 aromatic carbocycles. The average molecular weight is 232 g/mol. The van der Waals surface area contributed by atoms with Crippen LogP contribution in [0.1, 0.15) is 32.6 Å². The third kappa shape index (κ3) is 1.88. The van der Waals surface area contributed by atoms with Crippen molar-refractivity contribution in [2.75, 3.05) is 19.6 Å². The Morgan fingerprint density at radius 1 is 1.35 bits per heavy atom. The van der Waals surface area contributed by atoms with Crippen LogP contribution >= 0.6 is 0 Å². The summed E-state index contributed by atoms with van der Waals surface area (Å²) in [5.41, 5.74) is 2.56. The number of amides is 2. The van der Waals surface area contributed by atoms with E-state index in [9.17, 15) is 4.79 Å². The van der Waals surface area contributed by atoms with Gasteiger partial charge in [-0.15, -0.1) is 0 Å². The maximum Gasteiger partial charge on any atom is 0.324 e. The molecule has 0 radical (unpaired) electrons. The normalized spacial score (nSPS) is 27.9. The van der Waals surface area contributed by atoms with Crippen LogP contribution in [0.2, 0.25) is 0 Å². The third-order valence-corrected chi connectivity index (χ3v) is 4.01. The van der Waals surface area contributed by atoms with Crippen LogP contribution < -0.4 is 0 Å². The molecule has 0 saturated carbocycles. The van der Waals surface area contributed by atoms with Gasteiger partial charge in [-0.2, -0.15) is 0 Å². The van der Waals surface area contributed by atoms with Gasteiger partial charge in [-0.1, -0.05) is 19.1 Å². The topological polar surface area (TPSA) is 23.6 Å². The molecule has 0 aromatic heterocycles. The second-order valence-electron chi connectivity index (χ2n) is 5.40. The second kappa shape index (κ2) is 4.21. The lowest BCUT2D eigenvalue weighted by atomic mass is 10.0. The van der Waals surface area contributed by atoms with Crippen LogP contribution in [0.4, 0.5) is 4.79 Å². The van der Waals surface area contributed by atoms with Crippen LogP contribution in [0.25, 0.3) is 0 Å². The molecular formula is C14H20N2O. The van der Waals surface area contributed by atoms with E-state index >= 15 is 0 Å². The monoisotopic (exact) mass is 232 g/mol. The molecule has 0 spiro atoms. The first-order valence-electron chi connectivity index (χ1n) is 6.73. The predicted molar refractivity (Wildman–Crippen MR) is 67.5 cm³/mol. The van der Waals surface area contributed by atoms with E-state index in [0.717, 1.165) is 38.9 Å². The van der Waals surface area contributed by atoms with Crippen molar-refractivity contribution in [2.45, 2.75) is 32.6 Å². The fraction of sp³-hybridized carbons (Fsp3) is 0.643. The smallest absolute Gasteiger partial charge is 0.324 e. The fourth-order valence-electron chi connectivity index (χ4n) is 2.91. The van der Waals surface area contributed by atoms with Crippen LogP contribution in [0.3, 0.4) is 0 Å². The molecular weight excluding hydrogens is 212 g/mol. The molecule has 0 bridgehead atoms. The molecule has 3 aliphatic rings. The minimum absolute atomic E-state index is 0.222. The lowest BCUT2D eigenvalue weighted by Crippen LogP contribution is -2.48. The van der Waals surface area contributed by atoms with Gasteiger partial charge in [0.25, 0.3) is 0 Å². The van der Waals surface area contributed by atoms with Gasteiger partial charge in [0.2, 0.25) is 0 Å². The fourth-order valence-corrected chi connectivity index (χ4v) is 2.91. The number of nitrogens with zero attached hydrogens (tertiary/aromatic N) is 2. The van der Waals surface area contributed by atoms with Gasteiger partial charge in [0.1, 0.15) is 0 Å². The Morgan fingerprint density at radius 3 is 2.88 bits per heavy atom. The summed E-state index contributed by atoms with van der Waals surface area (Å²) in [5.74, 6) is 0.591. The molecule has 1 unspecified atom stereocenters. The van der Waals surface area contributed by atoms with E-state index in [2.05, 4.69) is 19.1 Å². The van der Waals surface area contributed by atoms with Gasteiger partial charge >= 0.3 is 6.03 Å². The Labute approximate surface area is 103 Å². The van der Waals surface area contributed by atoms with Gasteiger partial charge in [-0.3, -0.25) is 4.90 Å². The van der Waals surface area contributed by atoms with Gasteiger partial charge < -0.3 is 4.90 Å². The molecule has 92 valence electrons. The van der Waals surface area contributed by atoms with Crippen molar-refractivity contribution in [3.8, 4) is 0 Å². The lowest BCUT2D eigenvalue weighted by molar-refractivity contribution is 0.170. The molecule has 0 N–H and O–H groups in total. The summed E-state index contributed by atoms with van der Waals surface area (Å²) in [7, 11) is 0. The van der Waals surface area contributed by atoms with Crippen molar-refractivity contribution in [1.82, 2.24) is 9.80 Å². The number of likely N-dealkylation sites (tertiary alicyclic amines) is 2. The molecule has 3 rings (SSSR count). The zero-order chi connectivity index (χ0) is 11.8. The van der Waals surface area contributed by atoms with Gasteiger partial charge in [0.15, 0.2) is 0 Å². The van der Waals surface area contributed by atoms with E-state index in [1.54, 1.807) is 0 Å². The number of rotatable bonds is 0. The van der Waals surface area contributed by atoms with Crippen molar-refractivity contribution in [1.29, 1.82) is 0 Å². The molecule has 0 aromatic rings. The standard InChI is InChI=1S/C14H20N2O/c1-11-5-4-6-12-10-16(13(12)9-11)14(17)15-7-2-3-8-15/h6,9,11H,2-5,7-8,10H2,1H3. The highest BCUT2D eigenvalue weighted by Gasteiger charge is 2.35. The summed E-state index contributed by atoms with van der Waals surface area (Å²) in [6, 6.07) is 0.222. The largest absolute Gasteiger partial charge is 0.324 e. The maximum atomic E-state index is 12.3. The number of hydrogen-bond acceptors (Lipinski definition) is 1. The zero-order valence-electron chi connectivity index (χ0n) is 10.5. The summed E-state index contributed by atoms with van der Waals surface area (Å²) in [4.78, 5) is 16.2. The van der Waals surface area contributed by atoms with Crippen molar-refractivity contribution < 1.29 is 4.79 Å². The summed E-state index contributed by atoms with van der Waals surface area (Å²) in [6.45, 7) is 4.95. The summed E-state index contributed by atoms with van der Waals surface area (Å²) in [6.07, 6.45) is 9.27. The molecule has 3 heteroatoms. The number of hydrogen-bond donors (Lipinski definition) is 0. The van der Waals surface area contributed by atoms with E-state index in [4.69, 9.17) is 0 Å². The van der Waals surface area contributed by atoms with Gasteiger partial charge in [-0.25, -0.2) is 4.79 Å². The summed E-state index contributed by atoms with van der Waals surface area (Å²) < 4.78 is 0. The van der Waals surface area contributed by atoms with Crippen LogP contribution in [0, 0.1) is 5.92 Å². The zero-order valence-corrected chi connectivity index (χ0v) is 10.5. The number of fused-ring (bicyclic) bond motifs is 1. The van der Waals surface area contributed by atoms with E-state index < -0.39 is 0 Å². The van der Waals surface area contributed by atoms with Gasteiger partial charge in [-0.05, 0) is 37.2 Å². The second-order valence-corrected chi connectivity index (χ2v) is 5.40. The number of carbonyl (C=O) groups excluding carboxylic acids is 1. The highest BCUT2D eigenvalue weighted by Crippen LogP contribution is 2.34. The van der Waals surface area contributed by atoms with Gasteiger partial charge in [0, 0.05) is 18.8 Å². The van der Waals surface area contributed by atoms with E-state index in [0.29, 0.717) is 5.92 Å². The van der Waals surface area contributed by atoms with Crippen LogP contribution in [-0.4, -0.2) is 35.5 Å². The Kier molecular flexibility index (Phi) is 2.69. The SMILES string of the molecule is CC1C=C2C(=CCC1)CN2C(=O)N1CCCC1. The highest BCUT2D eigenvalue weighted by molar-refractivity contribution is 5.80. The predicted octanol–water partition coefficient (Wildman–Crippen LogP) is 2.76. The molecule has 2 amide bonds. The van der Waals surface area contributed by atoms with Crippen molar-refractivity contribution >= 4 is 6.03 Å². The Morgan fingerprint density at radius 2 is 2.12 bits per heavy atom. The molecule has 2 heterocycles. The first kappa shape index (κ1) is 10.9. The van der Waals surface area contributed by atoms with Gasteiger partial charge in [0.05, 0.1) is 6.54 Å². The van der Waals surface area contributed by atoms with Crippen molar-refractivity contribution in [3.05, 3.63) is 23.4 Å². The molecule has 3 nitrogen and oxygen atoms in total. The van der Waals surface area contributed by atoms with E-state index in [-0.39, 0.29) is 6.03 Å². The molecule has 1 aliphatic carbocycles. The number of carbonyl (C=O) groups is 1. The quantitative estimate of drug-likeness (QED) is 0.630. The molecule has 1 atom stereocenters. The van der Waals surface area contributed by atoms with E-state index in [1.807, 2.05) is 9.80 Å². The summed E-state index contributed by atoms with van der Waals surface area (Å²) >= 11 is 0. The average Bonchev–Trinajstić information content (AvgIpc) is 2.78. The Balaban J connectivity index is 1.75. The Bertz CT molecular complexity index is 391. The molecule has 17 heavy (non-hydrogen) atoms. The number of urea groups is 1. The highest BCUT2D eigenvalue weighted by atomic mass is 16.2. The van der Waals surface area contributed by atoms with Crippen LogP contribution in [-0.2, 0) is 0 Å². The minimum Gasteiger partial charge on any atom is -0.324 e. The molecule has 2 saturated heterocycles. The van der Waals surface area contributed by atoms with Crippen molar-refractivity contribution in [2.24, 2.45) is 5.92 Å². The third-order valence-electron chi connectivity index (χ3n) is 4.01. The van der Waals surface area contributed by atoms with Crippen LogP contribution in [0.15, 0.2) is 23.4 Å². The van der Waals surface area contributed by atoms with Crippen LogP contribution in [0.5, 0.6) is 0 Å². The first-order valence-corrected chi connectivity index (χ1v) is 6.73. The molecule has 2 aliphatic heterocycles. The maximum absolute atomic E-state index is 12.3. The van der Waals surface area contributed by atoms with E-state index in [1.165, 1.54) is 17.7 Å². The Hall–Kier alpha value is -1.25. The lowest BCUT2D eigenvalue weighted by Gasteiger charge is -2.39. The molecule has 2 fully saturated rings. The summed E-state index contributed by atoms with van der Waals surface area (Å²) in [5, 5.41) is 0. The number of allylic oxidation sites excluding steroid dienone is 2. The minimum atomic E-state index is 0.222.